The Balaban J connectivity index is 2.78. The van der Waals surface area contributed by atoms with Crippen LogP contribution in [0.15, 0.2) is 21.7 Å². The largest absolute Gasteiger partial charge is 0.253 e. The topological polar surface area (TPSA) is 17.1 Å². The maximum Gasteiger partial charge on any atom is 0.0913 e. The molecule has 0 spiro atoms. The van der Waals surface area contributed by atoms with Crippen LogP contribution in [0, 0.1) is 0 Å². The zero-order chi connectivity index (χ0) is 7.56. The van der Waals surface area contributed by atoms with Gasteiger partial charge in [0.15, 0.2) is 0 Å². The Bertz CT molecular complexity index is 214. The Morgan fingerprint density at radius 2 is 2.30 bits per heavy atom. The van der Waals surface area contributed by atoms with Gasteiger partial charge in [0.25, 0.3) is 0 Å². The van der Waals surface area contributed by atoms with Crippen molar-refractivity contribution in [3.05, 3.63) is 17.5 Å². The van der Waals surface area contributed by atoms with E-state index in [4.69, 9.17) is 0 Å². The highest BCUT2D eigenvalue weighted by molar-refractivity contribution is 7.87. The number of thiophene rings is 1. The van der Waals surface area contributed by atoms with Crippen LogP contribution in [-0.2, 0) is 10.8 Å². The molecule has 1 unspecified atom stereocenters. The van der Waals surface area contributed by atoms with Gasteiger partial charge in [0, 0.05) is 5.25 Å². The van der Waals surface area contributed by atoms with Crippen molar-refractivity contribution in [1.29, 1.82) is 0 Å². The van der Waals surface area contributed by atoms with E-state index in [0.717, 1.165) is 4.21 Å². The maximum absolute atomic E-state index is 11.3. The molecule has 1 aromatic rings. The van der Waals surface area contributed by atoms with Crippen LogP contribution in [0.25, 0.3) is 0 Å². The Hall–Kier alpha value is -0.150. The van der Waals surface area contributed by atoms with Gasteiger partial charge in [-0.2, -0.15) is 0 Å². The second-order valence-electron chi connectivity index (χ2n) is 2.28. The van der Waals surface area contributed by atoms with E-state index in [1.165, 1.54) is 0 Å². The first-order chi connectivity index (χ1) is 4.72. The van der Waals surface area contributed by atoms with Gasteiger partial charge in [0.1, 0.15) is 0 Å². The van der Waals surface area contributed by atoms with Crippen molar-refractivity contribution in [1.82, 2.24) is 0 Å². The van der Waals surface area contributed by atoms with Gasteiger partial charge in [-0.05, 0) is 11.4 Å². The smallest absolute Gasteiger partial charge is 0.0913 e. The van der Waals surface area contributed by atoms with Crippen LogP contribution in [0.2, 0.25) is 0 Å². The molecule has 0 saturated carbocycles. The molecule has 0 aliphatic heterocycles. The van der Waals surface area contributed by atoms with E-state index in [0.29, 0.717) is 0 Å². The average molecular weight is 174 g/mol. The monoisotopic (exact) mass is 174 g/mol. The molecule has 1 nitrogen and oxygen atoms in total. The van der Waals surface area contributed by atoms with E-state index >= 15 is 0 Å². The lowest BCUT2D eigenvalue weighted by Gasteiger charge is -1.99. The van der Waals surface area contributed by atoms with Crippen LogP contribution in [-0.4, -0.2) is 9.46 Å². The summed E-state index contributed by atoms with van der Waals surface area (Å²) in [5.41, 5.74) is 0. The third-order valence-corrected chi connectivity index (χ3v) is 3.95. The summed E-state index contributed by atoms with van der Waals surface area (Å²) in [6.45, 7) is 3.94. The van der Waals surface area contributed by atoms with Gasteiger partial charge in [0.2, 0.25) is 0 Å². The van der Waals surface area contributed by atoms with Crippen molar-refractivity contribution in [2.45, 2.75) is 23.3 Å². The molecule has 1 aromatic heterocycles. The summed E-state index contributed by atoms with van der Waals surface area (Å²) in [4.78, 5) is 0. The predicted octanol–water partition coefficient (Wildman–Crippen LogP) is 2.26. The fourth-order valence-electron chi connectivity index (χ4n) is 0.610. The van der Waals surface area contributed by atoms with Crippen LogP contribution in [0.1, 0.15) is 13.8 Å². The van der Waals surface area contributed by atoms with E-state index in [-0.39, 0.29) is 5.25 Å². The van der Waals surface area contributed by atoms with Crippen LogP contribution >= 0.6 is 11.3 Å². The molecule has 1 rings (SSSR count). The standard InChI is InChI=1S/C7H10OS2/c1-6(2)10(8)7-4-3-5-9-7/h3-6H,1-2H3. The van der Waals surface area contributed by atoms with E-state index in [1.54, 1.807) is 11.3 Å². The highest BCUT2D eigenvalue weighted by Gasteiger charge is 2.07. The van der Waals surface area contributed by atoms with Gasteiger partial charge < -0.3 is 0 Å². The first kappa shape index (κ1) is 7.95. The molecule has 0 aliphatic rings. The second-order valence-corrected chi connectivity index (χ2v) is 5.46. The maximum atomic E-state index is 11.3. The van der Waals surface area contributed by atoms with Crippen LogP contribution in [0.3, 0.4) is 0 Å². The molecule has 0 bridgehead atoms. The molecule has 3 heteroatoms. The van der Waals surface area contributed by atoms with Crippen molar-refractivity contribution < 1.29 is 4.21 Å². The fourth-order valence-corrected chi connectivity index (χ4v) is 2.86. The van der Waals surface area contributed by atoms with Crippen molar-refractivity contribution >= 4 is 22.1 Å². The molecule has 0 N–H and O–H groups in total. The summed E-state index contributed by atoms with van der Waals surface area (Å²) in [7, 11) is -0.785. The van der Waals surface area contributed by atoms with E-state index in [9.17, 15) is 4.21 Å². The normalized spacial score (nSPS) is 13.9. The summed E-state index contributed by atoms with van der Waals surface area (Å²) < 4.78 is 12.3. The molecule has 1 atom stereocenters. The van der Waals surface area contributed by atoms with Crippen molar-refractivity contribution in [2.75, 3.05) is 0 Å². The van der Waals surface area contributed by atoms with Crippen LogP contribution in [0.4, 0.5) is 0 Å². The molecular weight excluding hydrogens is 164 g/mol. The quantitative estimate of drug-likeness (QED) is 0.672. The lowest BCUT2D eigenvalue weighted by molar-refractivity contribution is 0.678. The zero-order valence-electron chi connectivity index (χ0n) is 6.03. The first-order valence-corrected chi connectivity index (χ1v) is 5.25. The van der Waals surface area contributed by atoms with Gasteiger partial charge in [-0.25, -0.2) is 0 Å². The molecule has 56 valence electrons. The van der Waals surface area contributed by atoms with E-state index in [1.807, 2.05) is 31.4 Å². The van der Waals surface area contributed by atoms with Crippen molar-refractivity contribution in [3.63, 3.8) is 0 Å². The van der Waals surface area contributed by atoms with Crippen LogP contribution < -0.4 is 0 Å². The number of hydrogen-bond acceptors (Lipinski definition) is 2. The van der Waals surface area contributed by atoms with Crippen LogP contribution in [0.5, 0.6) is 0 Å². The van der Waals surface area contributed by atoms with Crippen molar-refractivity contribution in [3.8, 4) is 0 Å². The van der Waals surface area contributed by atoms with E-state index in [2.05, 4.69) is 0 Å². The first-order valence-electron chi connectivity index (χ1n) is 3.16. The highest BCUT2D eigenvalue weighted by Crippen LogP contribution is 2.16. The summed E-state index contributed by atoms with van der Waals surface area (Å²) >= 11 is 1.56. The third-order valence-electron chi connectivity index (χ3n) is 1.12. The Kier molecular flexibility index (Phi) is 2.63. The highest BCUT2D eigenvalue weighted by atomic mass is 32.2. The van der Waals surface area contributed by atoms with Gasteiger partial charge in [0.05, 0.1) is 15.0 Å². The van der Waals surface area contributed by atoms with Gasteiger partial charge >= 0.3 is 0 Å². The lowest BCUT2D eigenvalue weighted by Crippen LogP contribution is -2.03. The van der Waals surface area contributed by atoms with Gasteiger partial charge in [-0.1, -0.05) is 19.9 Å². The average Bonchev–Trinajstić information content (AvgIpc) is 2.36. The number of hydrogen-bond donors (Lipinski definition) is 0. The molecular formula is C7H10OS2. The molecule has 0 fully saturated rings. The minimum atomic E-state index is -0.785. The third kappa shape index (κ3) is 1.67. The molecule has 0 amide bonds. The lowest BCUT2D eigenvalue weighted by atomic mass is 10.6. The summed E-state index contributed by atoms with van der Waals surface area (Å²) in [5.74, 6) is 0. The summed E-state index contributed by atoms with van der Waals surface area (Å²) in [6.07, 6.45) is 0. The molecule has 1 heterocycles. The molecule has 0 aliphatic carbocycles. The fraction of sp³-hybridized carbons (Fsp3) is 0.429. The zero-order valence-corrected chi connectivity index (χ0v) is 7.67. The molecule has 0 aromatic carbocycles. The summed E-state index contributed by atoms with van der Waals surface area (Å²) in [5, 5.41) is 2.19. The van der Waals surface area contributed by atoms with Gasteiger partial charge in [-0.15, -0.1) is 11.3 Å². The molecule has 10 heavy (non-hydrogen) atoms. The number of rotatable bonds is 2. The molecule has 0 saturated heterocycles. The minimum Gasteiger partial charge on any atom is -0.253 e. The molecule has 0 radical (unpaired) electrons. The summed E-state index contributed by atoms with van der Waals surface area (Å²) in [6, 6.07) is 3.85. The predicted molar refractivity (Wildman–Crippen MR) is 45.9 cm³/mol. The minimum absolute atomic E-state index is 0.235. The Morgan fingerprint density at radius 1 is 1.60 bits per heavy atom. The van der Waals surface area contributed by atoms with Gasteiger partial charge in [-0.3, -0.25) is 4.21 Å². The Labute approximate surface area is 67.5 Å². The second kappa shape index (κ2) is 3.30. The Morgan fingerprint density at radius 3 is 2.70 bits per heavy atom. The van der Waals surface area contributed by atoms with Crippen molar-refractivity contribution in [2.24, 2.45) is 0 Å². The SMILES string of the molecule is CC(C)S(=O)c1cccs1. The van der Waals surface area contributed by atoms with E-state index < -0.39 is 10.8 Å².